The number of hydrogen-bond acceptors (Lipinski definition) is 12. The van der Waals surface area contributed by atoms with Crippen LogP contribution in [0.15, 0.2) is 39.4 Å². The molecule has 2 fully saturated rings. The van der Waals surface area contributed by atoms with Crippen LogP contribution in [0, 0.1) is 11.3 Å². The molecular weight excluding hydrogens is 506 g/mol. The lowest BCUT2D eigenvalue weighted by Crippen LogP contribution is -2.63. The Kier molecular flexibility index (Phi) is 7.09. The molecular formula is C18H20BrN7O3S2. The number of aromatic nitrogens is 2. The molecule has 5 unspecified atom stereocenters. The number of hydrazine groups is 1. The fourth-order valence-corrected chi connectivity index (χ4v) is 5.81. The fraction of sp³-hybridized carbons (Fsp3) is 0.389. The highest BCUT2D eigenvalue weighted by atomic mass is 79.9. The normalized spacial score (nSPS) is 28.2. The fourth-order valence-electron chi connectivity index (χ4n) is 3.50. The number of pyridine rings is 1. The molecule has 0 saturated carbocycles. The number of rotatable bonds is 6. The molecule has 0 aliphatic carbocycles. The summed E-state index contributed by atoms with van der Waals surface area (Å²) in [6.07, 6.45) is 3.74. The summed E-state index contributed by atoms with van der Waals surface area (Å²) < 4.78 is 12.9. The van der Waals surface area contributed by atoms with E-state index in [0.29, 0.717) is 27.8 Å². The van der Waals surface area contributed by atoms with Gasteiger partial charge in [-0.2, -0.15) is 10.7 Å². The number of hydroxylamine groups is 1. The molecule has 2 saturated heterocycles. The van der Waals surface area contributed by atoms with Crippen molar-refractivity contribution >= 4 is 44.7 Å². The second-order valence-corrected chi connectivity index (χ2v) is 9.71. The highest BCUT2D eigenvalue weighted by molar-refractivity contribution is 9.10. The number of halogens is 1. The summed E-state index contributed by atoms with van der Waals surface area (Å²) in [5.74, 6) is 6.44. The molecule has 5 atom stereocenters. The van der Waals surface area contributed by atoms with Crippen LogP contribution in [0.1, 0.15) is 10.7 Å². The molecule has 10 nitrogen and oxygen atoms in total. The van der Waals surface area contributed by atoms with Crippen LogP contribution in [0.5, 0.6) is 0 Å². The predicted octanol–water partition coefficient (Wildman–Crippen LogP) is 1.41. The Morgan fingerprint density at radius 2 is 2.39 bits per heavy atom. The van der Waals surface area contributed by atoms with E-state index in [-0.39, 0.29) is 12.2 Å². The van der Waals surface area contributed by atoms with Crippen molar-refractivity contribution in [3.63, 3.8) is 0 Å². The number of hydrogen-bond donors (Lipinski definition) is 3. The van der Waals surface area contributed by atoms with Gasteiger partial charge in [-0.25, -0.2) is 15.8 Å². The predicted molar refractivity (Wildman–Crippen MR) is 119 cm³/mol. The summed E-state index contributed by atoms with van der Waals surface area (Å²) in [4.78, 5) is 14.8. The minimum Gasteiger partial charge on any atom is -0.395 e. The van der Waals surface area contributed by atoms with E-state index in [0.717, 1.165) is 4.47 Å². The number of thioether (sulfide) groups is 1. The first-order valence-corrected chi connectivity index (χ1v) is 11.8. The van der Waals surface area contributed by atoms with E-state index in [2.05, 4.69) is 37.4 Å². The van der Waals surface area contributed by atoms with Crippen LogP contribution in [0.3, 0.4) is 0 Å². The largest absolute Gasteiger partial charge is 0.395 e. The van der Waals surface area contributed by atoms with Gasteiger partial charge >= 0.3 is 0 Å². The molecule has 0 aromatic carbocycles. The molecule has 4 heterocycles. The molecule has 0 bridgehead atoms. The van der Waals surface area contributed by atoms with Crippen molar-refractivity contribution in [3.05, 3.63) is 45.2 Å². The molecule has 0 spiro atoms. The van der Waals surface area contributed by atoms with Gasteiger partial charge in [0.05, 0.1) is 12.2 Å². The molecule has 31 heavy (non-hydrogen) atoms. The van der Waals surface area contributed by atoms with Gasteiger partial charge in [0.15, 0.2) is 5.69 Å². The maximum Gasteiger partial charge on any atom is 0.154 e. The summed E-state index contributed by atoms with van der Waals surface area (Å²) >= 11 is 6.19. The SMILES string of the molecule is COC1C(Sc2cc(Br)cnc2C#N)OC2CNOC2C1N(N)/C=C(\N)c1nccs1. The summed E-state index contributed by atoms with van der Waals surface area (Å²) in [6, 6.07) is 3.53. The molecule has 2 aliphatic rings. The van der Waals surface area contributed by atoms with Gasteiger partial charge in [0, 0.05) is 40.5 Å². The first kappa shape index (κ1) is 22.4. The molecule has 164 valence electrons. The quantitative estimate of drug-likeness (QED) is 0.371. The minimum absolute atomic E-state index is 0.264. The Morgan fingerprint density at radius 1 is 1.55 bits per heavy atom. The van der Waals surface area contributed by atoms with Gasteiger partial charge in [0.2, 0.25) is 0 Å². The first-order chi connectivity index (χ1) is 15.0. The summed E-state index contributed by atoms with van der Waals surface area (Å²) in [5, 5.41) is 13.5. The third-order valence-corrected chi connectivity index (χ3v) is 7.31. The molecule has 2 aromatic rings. The van der Waals surface area contributed by atoms with Crippen molar-refractivity contribution in [1.82, 2.24) is 20.5 Å². The lowest BCUT2D eigenvalue weighted by atomic mass is 9.97. The van der Waals surface area contributed by atoms with E-state index < -0.39 is 17.6 Å². The number of ether oxygens (including phenoxy) is 2. The molecule has 13 heteroatoms. The van der Waals surface area contributed by atoms with Crippen LogP contribution in [0.2, 0.25) is 0 Å². The van der Waals surface area contributed by atoms with Crippen LogP contribution in [0.25, 0.3) is 5.70 Å². The number of fused-ring (bicyclic) bond motifs is 1. The van der Waals surface area contributed by atoms with E-state index in [9.17, 15) is 5.26 Å². The van der Waals surface area contributed by atoms with E-state index in [1.807, 2.05) is 11.4 Å². The maximum atomic E-state index is 9.44. The van der Waals surface area contributed by atoms with E-state index in [1.165, 1.54) is 28.1 Å². The summed E-state index contributed by atoms with van der Waals surface area (Å²) in [7, 11) is 1.59. The first-order valence-electron chi connectivity index (χ1n) is 9.21. The second kappa shape index (κ2) is 9.80. The molecule has 0 radical (unpaired) electrons. The van der Waals surface area contributed by atoms with Gasteiger partial charge in [-0.3, -0.25) is 4.84 Å². The zero-order chi connectivity index (χ0) is 22.0. The van der Waals surface area contributed by atoms with Crippen LogP contribution in [-0.4, -0.2) is 58.4 Å². The Hall–Kier alpha value is -1.76. The lowest BCUT2D eigenvalue weighted by Gasteiger charge is -2.45. The average Bonchev–Trinajstić information content (AvgIpc) is 3.44. The van der Waals surface area contributed by atoms with Crippen molar-refractivity contribution in [3.8, 4) is 6.07 Å². The highest BCUT2D eigenvalue weighted by Crippen LogP contribution is 2.39. The number of thiazole rings is 1. The Labute approximate surface area is 195 Å². The van der Waals surface area contributed by atoms with Crippen LogP contribution >= 0.6 is 39.0 Å². The molecule has 2 aliphatic heterocycles. The van der Waals surface area contributed by atoms with Gasteiger partial charge in [-0.05, 0) is 22.0 Å². The Balaban J connectivity index is 1.63. The third kappa shape index (κ3) is 4.71. The average molecular weight is 526 g/mol. The van der Waals surface area contributed by atoms with Gasteiger partial charge in [-0.1, -0.05) is 11.8 Å². The molecule has 0 amide bonds. The summed E-state index contributed by atoms with van der Waals surface area (Å²) in [6.45, 7) is 0.496. The number of nitriles is 1. The Bertz CT molecular complexity index is 987. The maximum absolute atomic E-state index is 9.44. The number of methoxy groups -OCH3 is 1. The second-order valence-electron chi connectivity index (χ2n) is 6.76. The van der Waals surface area contributed by atoms with Crippen molar-refractivity contribution in [2.45, 2.75) is 34.7 Å². The number of nitrogens with one attached hydrogen (secondary N) is 1. The summed E-state index contributed by atoms with van der Waals surface area (Å²) in [5.41, 5.74) is 9.35. The van der Waals surface area contributed by atoms with Gasteiger partial charge in [-0.15, -0.1) is 11.3 Å². The lowest BCUT2D eigenvalue weighted by molar-refractivity contribution is -0.172. The van der Waals surface area contributed by atoms with E-state index in [4.69, 9.17) is 25.9 Å². The van der Waals surface area contributed by atoms with Crippen LogP contribution in [-0.2, 0) is 14.3 Å². The van der Waals surface area contributed by atoms with Crippen LogP contribution < -0.4 is 17.1 Å². The standard InChI is InChI=1S/C18H20BrN7O3S2/c1-27-16-14(26(22)8-10(21)17-23-2-3-30-17)15-12(7-25-29-15)28-18(16)31-13-4-9(19)6-24-11(13)5-20/h2-4,6,8,12,14-16,18,25H,7,21-22H2,1H3/b10-8-. The molecule has 2 aromatic heterocycles. The molecule has 5 N–H and O–H groups in total. The highest BCUT2D eigenvalue weighted by Gasteiger charge is 2.51. The number of nitrogens with zero attached hydrogens (tertiary/aromatic N) is 4. The zero-order valence-corrected chi connectivity index (χ0v) is 19.6. The van der Waals surface area contributed by atoms with E-state index >= 15 is 0 Å². The van der Waals surface area contributed by atoms with Crippen molar-refractivity contribution in [2.75, 3.05) is 13.7 Å². The van der Waals surface area contributed by atoms with Crippen molar-refractivity contribution < 1.29 is 14.3 Å². The topological polar surface area (TPSA) is 145 Å². The Morgan fingerprint density at radius 3 is 3.10 bits per heavy atom. The third-order valence-electron chi connectivity index (χ3n) is 4.87. The van der Waals surface area contributed by atoms with Crippen molar-refractivity contribution in [1.29, 1.82) is 5.26 Å². The zero-order valence-electron chi connectivity index (χ0n) is 16.3. The van der Waals surface area contributed by atoms with Gasteiger partial charge in [0.1, 0.15) is 40.9 Å². The smallest absolute Gasteiger partial charge is 0.154 e. The molecule has 4 rings (SSSR count). The van der Waals surface area contributed by atoms with Crippen molar-refractivity contribution in [2.24, 2.45) is 11.6 Å². The monoisotopic (exact) mass is 525 g/mol. The van der Waals surface area contributed by atoms with Gasteiger partial charge < -0.3 is 20.2 Å². The number of nitrogens with two attached hydrogens (primary N) is 2. The minimum atomic E-state index is -0.498. The van der Waals surface area contributed by atoms with Crippen LogP contribution in [0.4, 0.5) is 0 Å². The van der Waals surface area contributed by atoms with E-state index in [1.54, 1.807) is 25.7 Å². The van der Waals surface area contributed by atoms with Gasteiger partial charge in [0.25, 0.3) is 0 Å².